The highest BCUT2D eigenvalue weighted by Crippen LogP contribution is 2.25. The number of thiazole rings is 1. The van der Waals surface area contributed by atoms with Gasteiger partial charge in [-0.3, -0.25) is 4.79 Å². The quantitative estimate of drug-likeness (QED) is 0.440. The van der Waals surface area contributed by atoms with Crippen LogP contribution < -0.4 is 4.80 Å². The number of fused-ring (bicyclic) bond motifs is 1. The van der Waals surface area contributed by atoms with Gasteiger partial charge in [0.05, 0.1) is 28.3 Å². The number of ether oxygens (including phenoxy) is 2. The van der Waals surface area contributed by atoms with Gasteiger partial charge < -0.3 is 14.0 Å². The fourth-order valence-electron chi connectivity index (χ4n) is 3.38. The van der Waals surface area contributed by atoms with Gasteiger partial charge in [0.25, 0.3) is 5.91 Å². The van der Waals surface area contributed by atoms with Gasteiger partial charge in [-0.05, 0) is 48.9 Å². The van der Waals surface area contributed by atoms with Crippen LogP contribution in [-0.4, -0.2) is 63.7 Å². The highest BCUT2D eigenvalue weighted by atomic mass is 35.5. The fourth-order valence-corrected chi connectivity index (χ4v) is 6.26. The summed E-state index contributed by atoms with van der Waals surface area (Å²) in [5.41, 5.74) is 2.25. The first-order chi connectivity index (χ1) is 15.7. The number of aromatic nitrogens is 1. The number of hydrogen-bond donors (Lipinski definition) is 0. The van der Waals surface area contributed by atoms with E-state index in [1.807, 2.05) is 30.7 Å². The zero-order valence-corrected chi connectivity index (χ0v) is 21.3. The fraction of sp³-hybridized carbons (Fsp3) is 0.364. The Morgan fingerprint density at radius 1 is 1.12 bits per heavy atom. The van der Waals surface area contributed by atoms with Crippen LogP contribution >= 0.6 is 22.9 Å². The molecular formula is C22H26ClN3O5S2. The Labute approximate surface area is 202 Å². The molecule has 0 aliphatic rings. The lowest BCUT2D eigenvalue weighted by Crippen LogP contribution is -2.36. The van der Waals surface area contributed by atoms with Crippen molar-refractivity contribution in [2.24, 2.45) is 12.0 Å². The first kappa shape index (κ1) is 25.5. The standard InChI is InChI=1S/C22H26ClN3O5S2/c1-15-13-17(23)14-19-20(15)25(2)22(32-19)24-21(27)16-5-7-18(8-6-16)33(28,29)26(9-11-30-3)10-12-31-4/h5-8,13-14H,9-12H2,1-4H3. The molecule has 3 rings (SSSR count). The zero-order valence-electron chi connectivity index (χ0n) is 18.9. The topological polar surface area (TPSA) is 90.2 Å². The maximum Gasteiger partial charge on any atom is 0.279 e. The minimum absolute atomic E-state index is 0.0870. The summed E-state index contributed by atoms with van der Waals surface area (Å²) in [6, 6.07) is 9.48. The monoisotopic (exact) mass is 511 g/mol. The van der Waals surface area contributed by atoms with Gasteiger partial charge in [-0.25, -0.2) is 8.42 Å². The van der Waals surface area contributed by atoms with Crippen molar-refractivity contribution in [3.8, 4) is 0 Å². The van der Waals surface area contributed by atoms with E-state index in [9.17, 15) is 13.2 Å². The Morgan fingerprint density at radius 3 is 2.30 bits per heavy atom. The molecule has 2 aromatic carbocycles. The van der Waals surface area contributed by atoms with E-state index in [1.54, 1.807) is 0 Å². The van der Waals surface area contributed by atoms with E-state index < -0.39 is 15.9 Å². The van der Waals surface area contributed by atoms with Crippen LogP contribution in [0.2, 0.25) is 5.02 Å². The molecule has 0 saturated heterocycles. The Morgan fingerprint density at radius 2 is 1.73 bits per heavy atom. The van der Waals surface area contributed by atoms with Crippen molar-refractivity contribution < 1.29 is 22.7 Å². The minimum Gasteiger partial charge on any atom is -0.383 e. The van der Waals surface area contributed by atoms with Crippen LogP contribution in [0.3, 0.4) is 0 Å². The molecule has 0 saturated carbocycles. The summed E-state index contributed by atoms with van der Waals surface area (Å²) in [6.45, 7) is 2.87. The maximum atomic E-state index is 13.0. The molecule has 1 heterocycles. The van der Waals surface area contributed by atoms with Crippen molar-refractivity contribution in [2.75, 3.05) is 40.5 Å². The molecule has 0 aliphatic carbocycles. The molecule has 3 aromatic rings. The summed E-state index contributed by atoms with van der Waals surface area (Å²) in [7, 11) is 1.10. The molecule has 33 heavy (non-hydrogen) atoms. The maximum absolute atomic E-state index is 13.0. The van der Waals surface area contributed by atoms with Crippen LogP contribution in [0.1, 0.15) is 15.9 Å². The largest absolute Gasteiger partial charge is 0.383 e. The summed E-state index contributed by atoms with van der Waals surface area (Å²) in [5.74, 6) is -0.458. The lowest BCUT2D eigenvalue weighted by molar-refractivity contribution is 0.0998. The number of sulfonamides is 1. The third-order valence-corrected chi connectivity index (χ3v) is 8.29. The number of amides is 1. The normalized spacial score (nSPS) is 12.7. The van der Waals surface area contributed by atoms with Crippen LogP contribution in [0.25, 0.3) is 10.2 Å². The molecular weight excluding hydrogens is 486 g/mol. The first-order valence-electron chi connectivity index (χ1n) is 10.1. The highest BCUT2D eigenvalue weighted by Gasteiger charge is 2.24. The van der Waals surface area contributed by atoms with Crippen LogP contribution in [0.4, 0.5) is 0 Å². The number of benzene rings is 2. The van der Waals surface area contributed by atoms with E-state index in [0.29, 0.717) is 15.4 Å². The van der Waals surface area contributed by atoms with Gasteiger partial charge in [-0.15, -0.1) is 0 Å². The Hall–Kier alpha value is -2.08. The number of aryl methyl sites for hydroxylation is 2. The molecule has 0 radical (unpaired) electrons. The van der Waals surface area contributed by atoms with E-state index in [-0.39, 0.29) is 31.2 Å². The highest BCUT2D eigenvalue weighted by molar-refractivity contribution is 7.89. The third kappa shape index (κ3) is 5.71. The SMILES string of the molecule is COCCN(CCOC)S(=O)(=O)c1ccc(C(=O)N=c2sc3cc(Cl)cc(C)c3n2C)cc1. The van der Waals surface area contributed by atoms with Crippen molar-refractivity contribution >= 4 is 49.1 Å². The Kier molecular flexibility index (Phi) is 8.43. The molecule has 8 nitrogen and oxygen atoms in total. The summed E-state index contributed by atoms with van der Waals surface area (Å²) < 4.78 is 40.2. The number of methoxy groups -OCH3 is 2. The average molecular weight is 512 g/mol. The molecule has 11 heteroatoms. The summed E-state index contributed by atoms with van der Waals surface area (Å²) in [5, 5.41) is 0.626. The average Bonchev–Trinajstić information content (AvgIpc) is 3.08. The summed E-state index contributed by atoms with van der Waals surface area (Å²) in [6.07, 6.45) is 0. The predicted molar refractivity (Wildman–Crippen MR) is 129 cm³/mol. The summed E-state index contributed by atoms with van der Waals surface area (Å²) in [4.78, 5) is 17.6. The van der Waals surface area contributed by atoms with E-state index in [4.69, 9.17) is 21.1 Å². The van der Waals surface area contributed by atoms with Gasteiger partial charge in [-0.1, -0.05) is 22.9 Å². The van der Waals surface area contributed by atoms with E-state index in [0.717, 1.165) is 15.8 Å². The molecule has 0 N–H and O–H groups in total. The van der Waals surface area contributed by atoms with Crippen molar-refractivity contribution in [1.82, 2.24) is 8.87 Å². The van der Waals surface area contributed by atoms with Crippen molar-refractivity contribution in [3.63, 3.8) is 0 Å². The number of carbonyl (C=O) groups is 1. The second kappa shape index (κ2) is 10.9. The van der Waals surface area contributed by atoms with E-state index >= 15 is 0 Å². The molecule has 0 bridgehead atoms. The molecule has 0 fully saturated rings. The predicted octanol–water partition coefficient (Wildman–Crippen LogP) is 3.23. The van der Waals surface area contributed by atoms with Crippen LogP contribution in [0.15, 0.2) is 46.3 Å². The number of halogens is 1. The molecule has 1 aromatic heterocycles. The van der Waals surface area contributed by atoms with Gasteiger partial charge >= 0.3 is 0 Å². The number of hydrogen-bond acceptors (Lipinski definition) is 6. The lowest BCUT2D eigenvalue weighted by Gasteiger charge is -2.21. The molecule has 0 aliphatic heterocycles. The minimum atomic E-state index is -3.76. The first-order valence-corrected chi connectivity index (χ1v) is 12.7. The number of carbonyl (C=O) groups excluding carboxylic acids is 1. The van der Waals surface area contributed by atoms with Crippen molar-refractivity contribution in [2.45, 2.75) is 11.8 Å². The summed E-state index contributed by atoms with van der Waals surface area (Å²) >= 11 is 7.52. The van der Waals surface area contributed by atoms with Crippen LogP contribution in [0.5, 0.6) is 0 Å². The molecule has 0 atom stereocenters. The Balaban J connectivity index is 1.89. The van der Waals surface area contributed by atoms with E-state index in [2.05, 4.69) is 4.99 Å². The second-order valence-corrected chi connectivity index (χ2v) is 10.7. The van der Waals surface area contributed by atoms with Crippen molar-refractivity contribution in [1.29, 1.82) is 0 Å². The number of nitrogens with zero attached hydrogens (tertiary/aromatic N) is 3. The van der Waals surface area contributed by atoms with Gasteiger partial charge in [-0.2, -0.15) is 9.30 Å². The van der Waals surface area contributed by atoms with Crippen molar-refractivity contribution in [3.05, 3.63) is 57.3 Å². The molecule has 178 valence electrons. The zero-order chi connectivity index (χ0) is 24.2. The van der Waals surface area contributed by atoms with Crippen LogP contribution in [-0.2, 0) is 26.5 Å². The second-order valence-electron chi connectivity index (χ2n) is 7.34. The molecule has 0 spiro atoms. The van der Waals surface area contributed by atoms with Gasteiger partial charge in [0.1, 0.15) is 0 Å². The molecule has 0 unspecified atom stereocenters. The van der Waals surface area contributed by atoms with Crippen LogP contribution in [0, 0.1) is 6.92 Å². The van der Waals surface area contributed by atoms with Gasteiger partial charge in [0, 0.05) is 44.9 Å². The molecule has 1 amide bonds. The smallest absolute Gasteiger partial charge is 0.279 e. The lowest BCUT2D eigenvalue weighted by atomic mass is 10.2. The van der Waals surface area contributed by atoms with Gasteiger partial charge in [0.2, 0.25) is 10.0 Å². The third-order valence-electron chi connectivity index (χ3n) is 5.08. The van der Waals surface area contributed by atoms with E-state index in [1.165, 1.54) is 54.1 Å². The Bertz CT molecular complexity index is 1310. The van der Waals surface area contributed by atoms with Gasteiger partial charge in [0.15, 0.2) is 4.80 Å². The number of rotatable bonds is 9.